The number of hydrogen-bond acceptors (Lipinski definition) is 9. The van der Waals surface area contributed by atoms with Crippen LogP contribution in [0.25, 0.3) is 0 Å². The summed E-state index contributed by atoms with van der Waals surface area (Å²) in [6.07, 6.45) is 4.79. The Kier molecular flexibility index (Phi) is 10.9. The minimum Gasteiger partial charge on any atom is -0.497 e. The molecule has 2 atom stereocenters. The highest BCUT2D eigenvalue weighted by atomic mass is 32.2. The van der Waals surface area contributed by atoms with Crippen molar-refractivity contribution in [1.82, 2.24) is 15.7 Å². The number of methoxy groups -OCH3 is 1. The molecule has 1 aliphatic carbocycles. The van der Waals surface area contributed by atoms with E-state index in [1.54, 1.807) is 58.1 Å². The molecule has 0 spiro atoms. The number of hydroxylamine groups is 2. The SMILES string of the molecule is COc1ccc(CNC(=O)[C@H](CS(=O)(=O)CC2CCCCC2)NC(=O)[C@@H]2CSC(=C=O)N2OC(C)(C)C)cc1. The first-order valence-corrected chi connectivity index (χ1v) is 16.0. The van der Waals surface area contributed by atoms with Gasteiger partial charge in [0, 0.05) is 12.3 Å². The summed E-state index contributed by atoms with van der Waals surface area (Å²) in [5, 5.41) is 6.72. The van der Waals surface area contributed by atoms with Crippen LogP contribution < -0.4 is 15.4 Å². The number of amides is 2. The molecule has 216 valence electrons. The molecular formula is C27H39N3O7S2. The first-order valence-electron chi connectivity index (χ1n) is 13.2. The standard InChI is InChI=1S/C27H39N3O7S2/c1-27(2,3)37-30-23(16-38-24(30)15-31)26(33)29-22(18-39(34,35)17-20-8-6-5-7-9-20)25(32)28-14-19-10-12-21(36-4)13-11-19/h10-13,20,22-23H,5-9,14,16-18H2,1-4H3,(H,28,32)(H,29,33)/t22-,23-/m0/s1. The molecule has 2 amide bonds. The Hall–Kier alpha value is -2.53. The van der Waals surface area contributed by atoms with Gasteiger partial charge in [0.2, 0.25) is 11.8 Å². The smallest absolute Gasteiger partial charge is 0.246 e. The summed E-state index contributed by atoms with van der Waals surface area (Å²) in [5.41, 5.74) is 0.0845. The maximum absolute atomic E-state index is 13.4. The molecule has 1 aliphatic heterocycles. The van der Waals surface area contributed by atoms with Crippen LogP contribution in [0.5, 0.6) is 5.75 Å². The molecule has 1 aromatic rings. The minimum absolute atomic E-state index is 0.0122. The van der Waals surface area contributed by atoms with E-state index in [0.717, 1.165) is 49.4 Å². The Bertz CT molecular complexity index is 1150. The molecule has 3 rings (SSSR count). The van der Waals surface area contributed by atoms with Crippen LogP contribution in [-0.2, 0) is 35.6 Å². The first kappa shape index (κ1) is 31.0. The van der Waals surface area contributed by atoms with E-state index in [4.69, 9.17) is 9.57 Å². The topological polar surface area (TPSA) is 131 Å². The molecule has 2 aliphatic rings. The van der Waals surface area contributed by atoms with Gasteiger partial charge >= 0.3 is 0 Å². The molecule has 1 saturated heterocycles. The Morgan fingerprint density at radius 1 is 1.15 bits per heavy atom. The summed E-state index contributed by atoms with van der Waals surface area (Å²) < 4.78 is 31.5. The van der Waals surface area contributed by atoms with Crippen LogP contribution >= 0.6 is 11.8 Å². The molecule has 0 aromatic heterocycles. The summed E-state index contributed by atoms with van der Waals surface area (Å²) in [7, 11) is -2.10. The van der Waals surface area contributed by atoms with Crippen LogP contribution in [0.2, 0.25) is 0 Å². The number of benzene rings is 1. The lowest BCUT2D eigenvalue weighted by Gasteiger charge is -2.31. The van der Waals surface area contributed by atoms with Gasteiger partial charge in [-0.05, 0) is 57.2 Å². The predicted molar refractivity (Wildman–Crippen MR) is 150 cm³/mol. The number of sulfone groups is 1. The Morgan fingerprint density at radius 3 is 2.41 bits per heavy atom. The van der Waals surface area contributed by atoms with Crippen molar-refractivity contribution in [2.45, 2.75) is 77.1 Å². The van der Waals surface area contributed by atoms with Gasteiger partial charge in [0.25, 0.3) is 0 Å². The highest BCUT2D eigenvalue weighted by Crippen LogP contribution is 2.33. The third-order valence-electron chi connectivity index (χ3n) is 6.52. The number of nitrogens with one attached hydrogen (secondary N) is 2. The van der Waals surface area contributed by atoms with Crippen LogP contribution in [0, 0.1) is 5.92 Å². The summed E-state index contributed by atoms with van der Waals surface area (Å²) in [4.78, 5) is 43.9. The van der Waals surface area contributed by atoms with Crippen molar-refractivity contribution in [1.29, 1.82) is 0 Å². The second-order valence-corrected chi connectivity index (χ2v) is 14.1. The maximum atomic E-state index is 13.4. The predicted octanol–water partition coefficient (Wildman–Crippen LogP) is 2.61. The highest BCUT2D eigenvalue weighted by molar-refractivity contribution is 8.03. The number of thioether (sulfide) groups is 1. The maximum Gasteiger partial charge on any atom is 0.246 e. The fraction of sp³-hybridized carbons (Fsp3) is 0.630. The second kappa shape index (κ2) is 13.7. The van der Waals surface area contributed by atoms with E-state index in [0.29, 0.717) is 5.75 Å². The van der Waals surface area contributed by atoms with Crippen molar-refractivity contribution in [3.8, 4) is 5.75 Å². The first-order chi connectivity index (χ1) is 18.4. The second-order valence-electron chi connectivity index (χ2n) is 11.0. The molecule has 0 radical (unpaired) electrons. The van der Waals surface area contributed by atoms with Crippen molar-refractivity contribution in [2.24, 2.45) is 5.92 Å². The molecule has 1 heterocycles. The number of carbonyl (C=O) groups excluding carboxylic acids is 3. The molecule has 10 nitrogen and oxygen atoms in total. The normalized spacial score (nSPS) is 19.3. The quantitative estimate of drug-likeness (QED) is 0.379. The van der Waals surface area contributed by atoms with Crippen LogP contribution in [-0.4, -0.2) is 73.3 Å². The van der Waals surface area contributed by atoms with Gasteiger partial charge in [-0.1, -0.05) is 43.2 Å². The van der Waals surface area contributed by atoms with Crippen molar-refractivity contribution in [2.75, 3.05) is 24.4 Å². The van der Waals surface area contributed by atoms with E-state index in [-0.39, 0.29) is 29.0 Å². The van der Waals surface area contributed by atoms with Gasteiger partial charge in [-0.2, -0.15) is 0 Å². The van der Waals surface area contributed by atoms with Gasteiger partial charge < -0.3 is 15.4 Å². The average Bonchev–Trinajstić information content (AvgIpc) is 3.28. The monoisotopic (exact) mass is 581 g/mol. The van der Waals surface area contributed by atoms with Crippen LogP contribution in [0.15, 0.2) is 29.3 Å². The van der Waals surface area contributed by atoms with Gasteiger partial charge in [0.05, 0.1) is 24.2 Å². The van der Waals surface area contributed by atoms with Crippen molar-refractivity contribution < 1.29 is 32.4 Å². The van der Waals surface area contributed by atoms with E-state index < -0.39 is 45.1 Å². The van der Waals surface area contributed by atoms with Gasteiger partial charge in [0.1, 0.15) is 17.8 Å². The average molecular weight is 582 g/mol. The van der Waals surface area contributed by atoms with Crippen LogP contribution in [0.1, 0.15) is 58.4 Å². The number of rotatable bonds is 11. The zero-order valence-electron chi connectivity index (χ0n) is 23.0. The molecule has 2 fully saturated rings. The van der Waals surface area contributed by atoms with Gasteiger partial charge in [-0.25, -0.2) is 18.3 Å². The summed E-state index contributed by atoms with van der Waals surface area (Å²) in [6, 6.07) is 4.86. The minimum atomic E-state index is -3.65. The molecular weight excluding hydrogens is 542 g/mol. The molecule has 0 bridgehead atoms. The third-order valence-corrected chi connectivity index (χ3v) is 9.36. The fourth-order valence-corrected chi connectivity index (χ4v) is 7.51. The van der Waals surface area contributed by atoms with E-state index >= 15 is 0 Å². The van der Waals surface area contributed by atoms with Crippen molar-refractivity contribution in [3.63, 3.8) is 0 Å². The molecule has 1 saturated carbocycles. The van der Waals surface area contributed by atoms with Crippen LogP contribution in [0.4, 0.5) is 0 Å². The molecule has 12 heteroatoms. The third kappa shape index (κ3) is 9.56. The number of carbonyl (C=O) groups is 2. The largest absolute Gasteiger partial charge is 0.497 e. The Labute approximate surface area is 235 Å². The van der Waals surface area contributed by atoms with Gasteiger partial charge in [-0.3, -0.25) is 14.4 Å². The number of nitrogens with zero attached hydrogens (tertiary/aromatic N) is 1. The molecule has 1 aromatic carbocycles. The number of ether oxygens (including phenoxy) is 1. The zero-order chi connectivity index (χ0) is 28.6. The highest BCUT2D eigenvalue weighted by Gasteiger charge is 2.40. The summed E-state index contributed by atoms with van der Waals surface area (Å²) >= 11 is 1.11. The summed E-state index contributed by atoms with van der Waals surface area (Å²) in [5.74, 6) is 0.987. The zero-order valence-corrected chi connectivity index (χ0v) is 24.7. The number of hydrogen-bond donors (Lipinski definition) is 2. The lowest BCUT2D eigenvalue weighted by molar-refractivity contribution is -0.214. The molecule has 39 heavy (non-hydrogen) atoms. The van der Waals surface area contributed by atoms with Crippen molar-refractivity contribution in [3.05, 3.63) is 34.9 Å². The van der Waals surface area contributed by atoms with E-state index in [2.05, 4.69) is 10.6 Å². The molecule has 0 unspecified atom stereocenters. The van der Waals surface area contributed by atoms with Crippen LogP contribution in [0.3, 0.4) is 0 Å². The van der Waals surface area contributed by atoms with Gasteiger partial charge in [0.15, 0.2) is 20.8 Å². The lowest BCUT2D eigenvalue weighted by atomic mass is 9.91. The Balaban J connectivity index is 1.75. The van der Waals surface area contributed by atoms with Crippen molar-refractivity contribution >= 4 is 39.4 Å². The Morgan fingerprint density at radius 2 is 1.82 bits per heavy atom. The van der Waals surface area contributed by atoms with E-state index in [9.17, 15) is 22.8 Å². The fourth-order valence-electron chi connectivity index (χ4n) is 4.63. The van der Waals surface area contributed by atoms with Gasteiger partial charge in [-0.15, -0.1) is 0 Å². The van der Waals surface area contributed by atoms with E-state index in [1.807, 2.05) is 0 Å². The lowest BCUT2D eigenvalue weighted by Crippen LogP contribution is -2.55. The molecule has 2 N–H and O–H groups in total. The van der Waals surface area contributed by atoms with E-state index in [1.165, 1.54) is 5.06 Å². The summed E-state index contributed by atoms with van der Waals surface area (Å²) in [6.45, 7) is 5.48.